The quantitative estimate of drug-likeness (QED) is 0.775. The van der Waals surface area contributed by atoms with Crippen molar-refractivity contribution < 1.29 is 9.47 Å². The van der Waals surface area contributed by atoms with Crippen molar-refractivity contribution >= 4 is 11.6 Å². The van der Waals surface area contributed by atoms with Crippen LogP contribution in [0.5, 0.6) is 11.5 Å². The van der Waals surface area contributed by atoms with Gasteiger partial charge in [-0.05, 0) is 37.5 Å². The second-order valence-corrected chi connectivity index (χ2v) is 5.23. The van der Waals surface area contributed by atoms with Crippen molar-refractivity contribution in [3.05, 3.63) is 35.4 Å². The normalized spacial score (nSPS) is 15.9. The first-order chi connectivity index (χ1) is 9.13. The fourth-order valence-electron chi connectivity index (χ4n) is 1.77. The van der Waals surface area contributed by atoms with Gasteiger partial charge in [-0.15, -0.1) is 0 Å². The zero-order valence-corrected chi connectivity index (χ0v) is 12.2. The predicted molar refractivity (Wildman–Crippen MR) is 78.2 cm³/mol. The highest BCUT2D eigenvalue weighted by Gasteiger charge is 2.21. The van der Waals surface area contributed by atoms with Gasteiger partial charge in [-0.1, -0.05) is 24.3 Å². The topological polar surface area (TPSA) is 30.5 Å². The van der Waals surface area contributed by atoms with Crippen LogP contribution in [0.1, 0.15) is 25.3 Å². The van der Waals surface area contributed by atoms with E-state index in [1.807, 2.05) is 19.1 Å². The van der Waals surface area contributed by atoms with Gasteiger partial charge >= 0.3 is 0 Å². The standard InChI is InChI=1S/C15H20ClNO2/c1-4-10(2)19-15-13(16)7-11(8-14(15)18-3)9-17-12-5-6-12/h4,7-8,10,12,17H,1,5-6,9H2,2-3H3. The first-order valence-corrected chi connectivity index (χ1v) is 6.91. The van der Waals surface area contributed by atoms with Gasteiger partial charge in [-0.2, -0.15) is 0 Å². The number of benzene rings is 1. The average Bonchev–Trinajstić information content (AvgIpc) is 3.22. The molecule has 1 aliphatic rings. The molecule has 1 atom stereocenters. The maximum atomic E-state index is 6.28. The van der Waals surface area contributed by atoms with E-state index in [1.165, 1.54) is 12.8 Å². The van der Waals surface area contributed by atoms with Crippen LogP contribution in [0.25, 0.3) is 0 Å². The van der Waals surface area contributed by atoms with E-state index in [1.54, 1.807) is 13.2 Å². The first kappa shape index (κ1) is 14.2. The maximum Gasteiger partial charge on any atom is 0.180 e. The van der Waals surface area contributed by atoms with Gasteiger partial charge in [0, 0.05) is 12.6 Å². The Labute approximate surface area is 119 Å². The summed E-state index contributed by atoms with van der Waals surface area (Å²) in [5.41, 5.74) is 1.10. The number of methoxy groups -OCH3 is 1. The maximum absolute atomic E-state index is 6.28. The number of nitrogens with one attached hydrogen (secondary N) is 1. The van der Waals surface area contributed by atoms with Crippen molar-refractivity contribution in [3.63, 3.8) is 0 Å². The summed E-state index contributed by atoms with van der Waals surface area (Å²) in [5.74, 6) is 1.24. The molecule has 0 spiro atoms. The molecule has 0 aliphatic heterocycles. The third-order valence-corrected chi connectivity index (χ3v) is 3.38. The Bertz CT molecular complexity index is 458. The lowest BCUT2D eigenvalue weighted by Crippen LogP contribution is -2.15. The molecule has 3 nitrogen and oxygen atoms in total. The van der Waals surface area contributed by atoms with Crippen LogP contribution in [0.15, 0.2) is 24.8 Å². The number of halogens is 1. The average molecular weight is 282 g/mol. The van der Waals surface area contributed by atoms with Crippen LogP contribution in [-0.4, -0.2) is 19.3 Å². The third kappa shape index (κ3) is 3.88. The van der Waals surface area contributed by atoms with E-state index in [-0.39, 0.29) is 6.10 Å². The summed E-state index contributed by atoms with van der Waals surface area (Å²) in [6.45, 7) is 6.41. The summed E-state index contributed by atoms with van der Waals surface area (Å²) < 4.78 is 11.1. The Balaban J connectivity index is 2.15. The second kappa shape index (κ2) is 6.31. The Hall–Kier alpha value is -1.19. The molecule has 2 rings (SSSR count). The minimum atomic E-state index is -0.109. The van der Waals surface area contributed by atoms with Gasteiger partial charge in [0.05, 0.1) is 12.1 Å². The van der Waals surface area contributed by atoms with Gasteiger partial charge in [0.2, 0.25) is 0 Å². The van der Waals surface area contributed by atoms with E-state index >= 15 is 0 Å². The number of rotatable bonds is 7. The van der Waals surface area contributed by atoms with E-state index in [2.05, 4.69) is 11.9 Å². The highest BCUT2D eigenvalue weighted by atomic mass is 35.5. The van der Waals surface area contributed by atoms with Crippen LogP contribution >= 0.6 is 11.6 Å². The molecular weight excluding hydrogens is 262 g/mol. The molecule has 0 aromatic heterocycles. The number of hydrogen-bond acceptors (Lipinski definition) is 3. The SMILES string of the molecule is C=CC(C)Oc1c(Cl)cc(CNC2CC2)cc1OC. The van der Waals surface area contributed by atoms with Gasteiger partial charge in [0.15, 0.2) is 11.5 Å². The molecule has 0 bridgehead atoms. The van der Waals surface area contributed by atoms with Crippen LogP contribution in [-0.2, 0) is 6.54 Å². The molecule has 0 heterocycles. The predicted octanol–water partition coefficient (Wildman–Crippen LogP) is 3.55. The lowest BCUT2D eigenvalue weighted by molar-refractivity contribution is 0.254. The lowest BCUT2D eigenvalue weighted by Gasteiger charge is -2.17. The van der Waals surface area contributed by atoms with Crippen LogP contribution in [0.2, 0.25) is 5.02 Å². The Morgan fingerprint density at radius 1 is 1.53 bits per heavy atom. The van der Waals surface area contributed by atoms with Crippen molar-refractivity contribution in [2.75, 3.05) is 7.11 Å². The van der Waals surface area contributed by atoms with Crippen molar-refractivity contribution in [1.82, 2.24) is 5.32 Å². The van der Waals surface area contributed by atoms with Crippen LogP contribution in [0.4, 0.5) is 0 Å². The highest BCUT2D eigenvalue weighted by Crippen LogP contribution is 2.37. The summed E-state index contributed by atoms with van der Waals surface area (Å²) in [6.07, 6.45) is 4.14. The number of ether oxygens (including phenoxy) is 2. The molecule has 0 saturated heterocycles. The summed E-state index contributed by atoms with van der Waals surface area (Å²) in [7, 11) is 1.62. The van der Waals surface area contributed by atoms with Gasteiger partial charge in [-0.3, -0.25) is 0 Å². The largest absolute Gasteiger partial charge is 0.493 e. The Morgan fingerprint density at radius 2 is 2.26 bits per heavy atom. The molecule has 19 heavy (non-hydrogen) atoms. The molecule has 1 aliphatic carbocycles. The molecule has 1 unspecified atom stereocenters. The zero-order valence-electron chi connectivity index (χ0n) is 11.4. The number of hydrogen-bond donors (Lipinski definition) is 1. The van der Waals surface area contributed by atoms with Crippen molar-refractivity contribution in [3.8, 4) is 11.5 Å². The lowest BCUT2D eigenvalue weighted by atomic mass is 10.2. The van der Waals surface area contributed by atoms with Crippen LogP contribution in [0, 0.1) is 0 Å². The van der Waals surface area contributed by atoms with Crippen LogP contribution in [0.3, 0.4) is 0 Å². The minimum absolute atomic E-state index is 0.109. The molecular formula is C15H20ClNO2. The minimum Gasteiger partial charge on any atom is -0.493 e. The van der Waals surface area contributed by atoms with E-state index < -0.39 is 0 Å². The third-order valence-electron chi connectivity index (χ3n) is 3.10. The fourth-order valence-corrected chi connectivity index (χ4v) is 2.05. The van der Waals surface area contributed by atoms with Gasteiger partial charge in [0.25, 0.3) is 0 Å². The summed E-state index contributed by atoms with van der Waals surface area (Å²) in [5, 5.41) is 4.02. The van der Waals surface area contributed by atoms with Crippen molar-refractivity contribution in [2.45, 2.75) is 38.5 Å². The zero-order chi connectivity index (χ0) is 13.8. The van der Waals surface area contributed by atoms with E-state index in [4.69, 9.17) is 21.1 Å². The van der Waals surface area contributed by atoms with Crippen LogP contribution < -0.4 is 14.8 Å². The van der Waals surface area contributed by atoms with Gasteiger partial charge in [-0.25, -0.2) is 0 Å². The fraction of sp³-hybridized carbons (Fsp3) is 0.467. The van der Waals surface area contributed by atoms with E-state index in [9.17, 15) is 0 Å². The van der Waals surface area contributed by atoms with E-state index in [0.29, 0.717) is 22.6 Å². The summed E-state index contributed by atoms with van der Waals surface area (Å²) >= 11 is 6.28. The molecule has 1 aromatic rings. The highest BCUT2D eigenvalue weighted by molar-refractivity contribution is 6.32. The van der Waals surface area contributed by atoms with Gasteiger partial charge in [0.1, 0.15) is 6.10 Å². The van der Waals surface area contributed by atoms with E-state index in [0.717, 1.165) is 12.1 Å². The summed E-state index contributed by atoms with van der Waals surface area (Å²) in [6, 6.07) is 4.55. The first-order valence-electron chi connectivity index (χ1n) is 6.53. The van der Waals surface area contributed by atoms with Gasteiger partial charge < -0.3 is 14.8 Å². The molecule has 104 valence electrons. The Morgan fingerprint density at radius 3 is 2.84 bits per heavy atom. The molecule has 4 heteroatoms. The molecule has 1 N–H and O–H groups in total. The molecule has 1 aromatic carbocycles. The second-order valence-electron chi connectivity index (χ2n) is 4.82. The smallest absolute Gasteiger partial charge is 0.180 e. The molecule has 0 amide bonds. The Kier molecular flexibility index (Phi) is 4.72. The monoisotopic (exact) mass is 281 g/mol. The molecule has 1 fully saturated rings. The molecule has 0 radical (unpaired) electrons. The summed E-state index contributed by atoms with van der Waals surface area (Å²) in [4.78, 5) is 0. The van der Waals surface area contributed by atoms with Crippen molar-refractivity contribution in [2.24, 2.45) is 0 Å². The molecule has 1 saturated carbocycles. The van der Waals surface area contributed by atoms with Crippen molar-refractivity contribution in [1.29, 1.82) is 0 Å².